The second-order valence-corrected chi connectivity index (χ2v) is 3.48. The largest absolute Gasteiger partial charge is 0.329 e. The van der Waals surface area contributed by atoms with E-state index in [-0.39, 0.29) is 18.5 Å². The Hall–Kier alpha value is -2.10. The average Bonchev–Trinajstić information content (AvgIpc) is 2.62. The fourth-order valence-electron chi connectivity index (χ4n) is 1.50. The van der Waals surface area contributed by atoms with Crippen molar-refractivity contribution in [2.45, 2.75) is 0 Å². The lowest BCUT2D eigenvalue weighted by Gasteiger charge is -2.07. The number of imide groups is 1. The van der Waals surface area contributed by atoms with Gasteiger partial charge < -0.3 is 5.32 Å². The molecule has 3 amide bonds. The SMILES string of the molecule is O=C1CNC(=O)N1C/C=C/c1ccccc1. The first-order valence-corrected chi connectivity index (χ1v) is 5.07. The number of urea groups is 1. The van der Waals surface area contributed by atoms with Gasteiger partial charge in [-0.1, -0.05) is 42.5 Å². The molecule has 4 heteroatoms. The van der Waals surface area contributed by atoms with Crippen LogP contribution < -0.4 is 5.32 Å². The van der Waals surface area contributed by atoms with Gasteiger partial charge in [0.25, 0.3) is 0 Å². The molecule has 1 heterocycles. The van der Waals surface area contributed by atoms with E-state index in [0.717, 1.165) is 5.56 Å². The van der Waals surface area contributed by atoms with E-state index in [1.807, 2.05) is 36.4 Å². The highest BCUT2D eigenvalue weighted by molar-refractivity contribution is 6.02. The minimum Gasteiger partial charge on any atom is -0.329 e. The van der Waals surface area contributed by atoms with Gasteiger partial charge in [-0.2, -0.15) is 0 Å². The van der Waals surface area contributed by atoms with E-state index in [2.05, 4.69) is 5.32 Å². The summed E-state index contributed by atoms with van der Waals surface area (Å²) < 4.78 is 0. The average molecular weight is 216 g/mol. The van der Waals surface area contributed by atoms with Gasteiger partial charge in [-0.25, -0.2) is 4.79 Å². The molecule has 0 bridgehead atoms. The first-order valence-electron chi connectivity index (χ1n) is 5.07. The van der Waals surface area contributed by atoms with Crippen molar-refractivity contribution in [1.82, 2.24) is 10.2 Å². The van der Waals surface area contributed by atoms with Crippen molar-refractivity contribution >= 4 is 18.0 Å². The number of amides is 3. The number of carbonyl (C=O) groups is 2. The fourth-order valence-corrected chi connectivity index (χ4v) is 1.50. The number of hydrogen-bond acceptors (Lipinski definition) is 2. The molecule has 1 fully saturated rings. The molecule has 0 unspecified atom stereocenters. The Labute approximate surface area is 93.6 Å². The van der Waals surface area contributed by atoms with Crippen LogP contribution in [0.3, 0.4) is 0 Å². The molecule has 1 saturated heterocycles. The molecule has 1 aromatic rings. The molecule has 0 aromatic heterocycles. The van der Waals surface area contributed by atoms with Gasteiger partial charge >= 0.3 is 6.03 Å². The lowest BCUT2D eigenvalue weighted by Crippen LogP contribution is -2.30. The van der Waals surface area contributed by atoms with Crippen LogP contribution in [0.25, 0.3) is 6.08 Å². The Morgan fingerprint density at radius 1 is 1.25 bits per heavy atom. The Morgan fingerprint density at radius 2 is 2.00 bits per heavy atom. The quantitative estimate of drug-likeness (QED) is 0.773. The summed E-state index contributed by atoms with van der Waals surface area (Å²) in [5.74, 6) is -0.178. The smallest absolute Gasteiger partial charge is 0.324 e. The van der Waals surface area contributed by atoms with Gasteiger partial charge in [-0.15, -0.1) is 0 Å². The summed E-state index contributed by atoms with van der Waals surface area (Å²) in [6.45, 7) is 0.428. The van der Waals surface area contributed by atoms with Crippen molar-refractivity contribution in [2.24, 2.45) is 0 Å². The maximum atomic E-state index is 11.2. The van der Waals surface area contributed by atoms with E-state index in [1.54, 1.807) is 6.08 Å². The third-order valence-corrected chi connectivity index (χ3v) is 2.33. The van der Waals surface area contributed by atoms with Crippen LogP contribution in [0.5, 0.6) is 0 Å². The van der Waals surface area contributed by atoms with Crippen LogP contribution in [0.2, 0.25) is 0 Å². The lowest BCUT2D eigenvalue weighted by molar-refractivity contribution is -0.124. The van der Waals surface area contributed by atoms with Crippen molar-refractivity contribution in [1.29, 1.82) is 0 Å². The molecular formula is C12H12N2O2. The minimum absolute atomic E-state index is 0.109. The van der Waals surface area contributed by atoms with Crippen LogP contribution >= 0.6 is 0 Å². The zero-order valence-corrected chi connectivity index (χ0v) is 8.72. The van der Waals surface area contributed by atoms with E-state index >= 15 is 0 Å². The normalized spacial score (nSPS) is 15.9. The maximum Gasteiger partial charge on any atom is 0.324 e. The van der Waals surface area contributed by atoms with Crippen molar-refractivity contribution in [3.05, 3.63) is 42.0 Å². The van der Waals surface area contributed by atoms with Gasteiger partial charge in [0.05, 0.1) is 6.54 Å². The van der Waals surface area contributed by atoms with E-state index in [1.165, 1.54) is 4.90 Å². The summed E-state index contributed by atoms with van der Waals surface area (Å²) in [6, 6.07) is 9.42. The molecule has 16 heavy (non-hydrogen) atoms. The second-order valence-electron chi connectivity index (χ2n) is 3.48. The summed E-state index contributed by atoms with van der Waals surface area (Å²) in [4.78, 5) is 23.6. The summed E-state index contributed by atoms with van der Waals surface area (Å²) in [5.41, 5.74) is 1.05. The molecule has 0 spiro atoms. The molecule has 1 aromatic carbocycles. The predicted molar refractivity (Wildman–Crippen MR) is 60.6 cm³/mol. The molecule has 4 nitrogen and oxygen atoms in total. The number of benzene rings is 1. The topological polar surface area (TPSA) is 49.4 Å². The van der Waals surface area contributed by atoms with Crippen molar-refractivity contribution in [2.75, 3.05) is 13.1 Å². The van der Waals surface area contributed by atoms with Gasteiger partial charge in [0.2, 0.25) is 5.91 Å². The van der Waals surface area contributed by atoms with Crippen molar-refractivity contribution < 1.29 is 9.59 Å². The zero-order chi connectivity index (χ0) is 11.4. The Kier molecular flexibility index (Phi) is 3.00. The summed E-state index contributed by atoms with van der Waals surface area (Å²) in [7, 11) is 0. The van der Waals surface area contributed by atoms with Gasteiger partial charge in [0, 0.05) is 6.54 Å². The summed E-state index contributed by atoms with van der Waals surface area (Å²) >= 11 is 0. The number of carbonyl (C=O) groups excluding carboxylic acids is 2. The van der Waals surface area contributed by atoms with Crippen LogP contribution in [0.4, 0.5) is 4.79 Å². The molecule has 2 rings (SSSR count). The van der Waals surface area contributed by atoms with E-state index in [0.29, 0.717) is 6.54 Å². The van der Waals surface area contributed by atoms with Crippen LogP contribution in [-0.4, -0.2) is 29.9 Å². The van der Waals surface area contributed by atoms with Gasteiger partial charge in [-0.3, -0.25) is 9.69 Å². The summed E-state index contributed by atoms with van der Waals surface area (Å²) in [5, 5.41) is 2.47. The zero-order valence-electron chi connectivity index (χ0n) is 8.72. The first-order chi connectivity index (χ1) is 7.77. The summed E-state index contributed by atoms with van der Waals surface area (Å²) in [6.07, 6.45) is 3.69. The number of nitrogens with zero attached hydrogens (tertiary/aromatic N) is 1. The third kappa shape index (κ3) is 2.28. The van der Waals surface area contributed by atoms with E-state index in [9.17, 15) is 9.59 Å². The minimum atomic E-state index is -0.317. The predicted octanol–water partition coefficient (Wildman–Crippen LogP) is 1.25. The molecule has 0 radical (unpaired) electrons. The Balaban J connectivity index is 1.95. The molecule has 0 aliphatic carbocycles. The van der Waals surface area contributed by atoms with E-state index in [4.69, 9.17) is 0 Å². The fraction of sp³-hybridized carbons (Fsp3) is 0.167. The number of rotatable bonds is 3. The second kappa shape index (κ2) is 4.61. The molecular weight excluding hydrogens is 204 g/mol. The van der Waals surface area contributed by atoms with Crippen molar-refractivity contribution in [3.63, 3.8) is 0 Å². The van der Waals surface area contributed by atoms with Crippen LogP contribution in [0, 0.1) is 0 Å². The Bertz CT molecular complexity index is 410. The lowest BCUT2D eigenvalue weighted by atomic mass is 10.2. The number of hydrogen-bond donors (Lipinski definition) is 1. The standard InChI is InChI=1S/C12H12N2O2/c15-11-9-13-12(16)14(11)8-4-7-10-5-2-1-3-6-10/h1-7H,8-9H2,(H,13,16)/b7-4+. The monoisotopic (exact) mass is 216 g/mol. The van der Waals surface area contributed by atoms with Crippen LogP contribution in [0.1, 0.15) is 5.56 Å². The molecule has 1 aliphatic heterocycles. The number of nitrogens with one attached hydrogen (secondary N) is 1. The highest BCUT2D eigenvalue weighted by Crippen LogP contribution is 2.03. The van der Waals surface area contributed by atoms with E-state index < -0.39 is 0 Å². The highest BCUT2D eigenvalue weighted by atomic mass is 16.2. The maximum absolute atomic E-state index is 11.2. The van der Waals surface area contributed by atoms with Gasteiger partial charge in [0.1, 0.15) is 0 Å². The highest BCUT2D eigenvalue weighted by Gasteiger charge is 2.26. The molecule has 82 valence electrons. The molecule has 0 saturated carbocycles. The third-order valence-electron chi connectivity index (χ3n) is 2.33. The van der Waals surface area contributed by atoms with Gasteiger partial charge in [0.15, 0.2) is 0 Å². The van der Waals surface area contributed by atoms with Gasteiger partial charge in [-0.05, 0) is 5.56 Å². The Morgan fingerprint density at radius 3 is 2.62 bits per heavy atom. The molecule has 1 aliphatic rings. The molecule has 1 N–H and O–H groups in total. The van der Waals surface area contributed by atoms with Crippen molar-refractivity contribution in [3.8, 4) is 0 Å². The van der Waals surface area contributed by atoms with Crippen LogP contribution in [0.15, 0.2) is 36.4 Å². The first kappa shape index (κ1) is 10.4. The molecule has 0 atom stereocenters. The van der Waals surface area contributed by atoms with Crippen LogP contribution in [-0.2, 0) is 4.79 Å².